The third-order valence-electron chi connectivity index (χ3n) is 5.36. The number of amides is 1. The van der Waals surface area contributed by atoms with E-state index >= 15 is 0 Å². The van der Waals surface area contributed by atoms with Gasteiger partial charge in [-0.25, -0.2) is 0 Å². The van der Waals surface area contributed by atoms with Crippen molar-refractivity contribution in [1.29, 1.82) is 0 Å². The number of benzene rings is 2. The monoisotopic (exact) mass is 381 g/mol. The largest absolute Gasteiger partial charge is 0.495 e. The van der Waals surface area contributed by atoms with Gasteiger partial charge < -0.3 is 19.9 Å². The molecule has 150 valence electrons. The number of rotatable bonds is 7. The molecule has 1 N–H and O–H groups in total. The molecule has 1 aliphatic rings. The average Bonchev–Trinajstić information content (AvgIpc) is 2.74. The molecule has 5 nitrogen and oxygen atoms in total. The topological polar surface area (TPSA) is 44.8 Å². The highest BCUT2D eigenvalue weighted by molar-refractivity contribution is 5.78. The number of nitrogens with one attached hydrogen (secondary N) is 1. The first-order valence-electron chi connectivity index (χ1n) is 10.0. The molecule has 0 bridgehead atoms. The zero-order chi connectivity index (χ0) is 19.9. The summed E-state index contributed by atoms with van der Waals surface area (Å²) in [4.78, 5) is 17.0. The number of ether oxygens (including phenoxy) is 1. The van der Waals surface area contributed by atoms with Gasteiger partial charge in [0, 0.05) is 32.2 Å². The van der Waals surface area contributed by atoms with Crippen LogP contribution in [0.5, 0.6) is 5.75 Å². The summed E-state index contributed by atoms with van der Waals surface area (Å²) in [5, 5.41) is 3.47. The molecule has 0 spiro atoms. The van der Waals surface area contributed by atoms with Crippen LogP contribution in [0.4, 0.5) is 5.69 Å². The summed E-state index contributed by atoms with van der Waals surface area (Å²) in [6.07, 6.45) is 0. The summed E-state index contributed by atoms with van der Waals surface area (Å²) in [5.41, 5.74) is 2.32. The minimum absolute atomic E-state index is 0.168. The first-order chi connectivity index (χ1) is 13.6. The Balaban J connectivity index is 1.54. The minimum atomic E-state index is 0.168. The Morgan fingerprint density at radius 1 is 1.00 bits per heavy atom. The van der Waals surface area contributed by atoms with Crippen molar-refractivity contribution in [3.05, 3.63) is 60.2 Å². The Kier molecular flexibility index (Phi) is 6.93. The zero-order valence-electron chi connectivity index (χ0n) is 17.1. The quantitative estimate of drug-likeness (QED) is 0.799. The smallest absolute Gasteiger partial charge is 0.236 e. The van der Waals surface area contributed by atoms with E-state index in [0.29, 0.717) is 12.5 Å². The standard InChI is InChI=1S/C23H31N3O2/c1-18(2)23(19-9-5-4-6-10-19)24-17-22(27)26-15-13-25(14-16-26)20-11-7-8-12-21(20)28-3/h4-12,18,23-24H,13-17H2,1-3H3/t23-/m1/s1. The highest BCUT2D eigenvalue weighted by Crippen LogP contribution is 2.28. The molecule has 0 aromatic heterocycles. The van der Waals surface area contributed by atoms with Gasteiger partial charge >= 0.3 is 0 Å². The van der Waals surface area contributed by atoms with Gasteiger partial charge in [-0.15, -0.1) is 0 Å². The molecule has 5 heteroatoms. The van der Waals surface area contributed by atoms with Crippen molar-refractivity contribution >= 4 is 11.6 Å². The predicted octanol–water partition coefficient (Wildman–Crippen LogP) is 3.33. The molecule has 2 aromatic rings. The van der Waals surface area contributed by atoms with Crippen LogP contribution in [0.1, 0.15) is 25.5 Å². The lowest BCUT2D eigenvalue weighted by Gasteiger charge is -2.37. The van der Waals surface area contributed by atoms with Crippen LogP contribution in [0.3, 0.4) is 0 Å². The predicted molar refractivity (Wildman–Crippen MR) is 114 cm³/mol. The lowest BCUT2D eigenvalue weighted by molar-refractivity contribution is -0.130. The van der Waals surface area contributed by atoms with Crippen molar-refractivity contribution in [2.24, 2.45) is 5.92 Å². The van der Waals surface area contributed by atoms with Crippen molar-refractivity contribution in [3.63, 3.8) is 0 Å². The van der Waals surface area contributed by atoms with E-state index in [2.05, 4.69) is 42.3 Å². The molecule has 0 aliphatic carbocycles. The van der Waals surface area contributed by atoms with Gasteiger partial charge in [-0.05, 0) is 23.6 Å². The number of hydrogen-bond donors (Lipinski definition) is 1. The SMILES string of the molecule is COc1ccccc1N1CCN(C(=O)CN[C@@H](c2ccccc2)C(C)C)CC1. The molecule has 3 rings (SSSR count). The summed E-state index contributed by atoms with van der Waals surface area (Å²) in [6, 6.07) is 18.6. The van der Waals surface area contributed by atoms with E-state index in [0.717, 1.165) is 37.6 Å². The first kappa shape index (κ1) is 20.2. The van der Waals surface area contributed by atoms with Crippen molar-refractivity contribution in [2.75, 3.05) is 44.7 Å². The number of hydrogen-bond acceptors (Lipinski definition) is 4. The minimum Gasteiger partial charge on any atom is -0.495 e. The van der Waals surface area contributed by atoms with Crippen LogP contribution in [0.15, 0.2) is 54.6 Å². The Hall–Kier alpha value is -2.53. The molecule has 28 heavy (non-hydrogen) atoms. The number of carbonyl (C=O) groups is 1. The second kappa shape index (κ2) is 9.60. The fraction of sp³-hybridized carbons (Fsp3) is 0.435. The lowest BCUT2D eigenvalue weighted by atomic mass is 9.96. The van der Waals surface area contributed by atoms with Crippen LogP contribution in [-0.2, 0) is 4.79 Å². The van der Waals surface area contributed by atoms with Crippen LogP contribution in [0, 0.1) is 5.92 Å². The van der Waals surface area contributed by atoms with Crippen molar-refractivity contribution in [3.8, 4) is 5.75 Å². The van der Waals surface area contributed by atoms with E-state index in [-0.39, 0.29) is 11.9 Å². The molecule has 1 atom stereocenters. The van der Waals surface area contributed by atoms with Crippen LogP contribution >= 0.6 is 0 Å². The highest BCUT2D eigenvalue weighted by atomic mass is 16.5. The van der Waals surface area contributed by atoms with Gasteiger partial charge in [0.15, 0.2) is 0 Å². The van der Waals surface area contributed by atoms with Crippen LogP contribution in [0.25, 0.3) is 0 Å². The summed E-state index contributed by atoms with van der Waals surface area (Å²) in [7, 11) is 1.70. The third-order valence-corrected chi connectivity index (χ3v) is 5.36. The van der Waals surface area contributed by atoms with Crippen molar-refractivity contribution in [2.45, 2.75) is 19.9 Å². The maximum atomic E-state index is 12.7. The second-order valence-corrected chi connectivity index (χ2v) is 7.55. The molecule has 0 radical (unpaired) electrons. The van der Waals surface area contributed by atoms with Gasteiger partial charge in [0.1, 0.15) is 5.75 Å². The Labute approximate surface area is 168 Å². The number of methoxy groups -OCH3 is 1. The number of nitrogens with zero attached hydrogens (tertiary/aromatic N) is 2. The maximum Gasteiger partial charge on any atom is 0.236 e. The lowest BCUT2D eigenvalue weighted by Crippen LogP contribution is -2.51. The second-order valence-electron chi connectivity index (χ2n) is 7.55. The number of anilines is 1. The zero-order valence-corrected chi connectivity index (χ0v) is 17.1. The third kappa shape index (κ3) is 4.84. The van der Waals surface area contributed by atoms with Gasteiger partial charge in [0.05, 0.1) is 19.3 Å². The van der Waals surface area contributed by atoms with Gasteiger partial charge in [-0.1, -0.05) is 56.3 Å². The van der Waals surface area contributed by atoms with E-state index in [1.54, 1.807) is 7.11 Å². The first-order valence-corrected chi connectivity index (χ1v) is 10.0. The average molecular weight is 382 g/mol. The van der Waals surface area contributed by atoms with Gasteiger partial charge in [-0.3, -0.25) is 4.79 Å². The fourth-order valence-electron chi connectivity index (χ4n) is 3.80. The van der Waals surface area contributed by atoms with E-state index in [1.165, 1.54) is 5.56 Å². The molecule has 1 saturated heterocycles. The maximum absolute atomic E-state index is 12.7. The molecule has 1 aliphatic heterocycles. The van der Waals surface area contributed by atoms with Gasteiger partial charge in [0.2, 0.25) is 5.91 Å². The molecule has 0 saturated carbocycles. The van der Waals surface area contributed by atoms with Crippen molar-refractivity contribution < 1.29 is 9.53 Å². The molecule has 1 heterocycles. The van der Waals surface area contributed by atoms with Gasteiger partial charge in [0.25, 0.3) is 0 Å². The van der Waals surface area contributed by atoms with E-state index in [9.17, 15) is 4.79 Å². The highest BCUT2D eigenvalue weighted by Gasteiger charge is 2.24. The van der Waals surface area contributed by atoms with E-state index < -0.39 is 0 Å². The molecule has 2 aromatic carbocycles. The molecular weight excluding hydrogens is 350 g/mol. The Bertz CT molecular complexity index is 755. The molecule has 1 amide bonds. The molecule has 1 fully saturated rings. The summed E-state index contributed by atoms with van der Waals surface area (Å²) >= 11 is 0. The van der Waals surface area contributed by atoms with Crippen LogP contribution in [-0.4, -0.2) is 50.6 Å². The van der Waals surface area contributed by atoms with E-state index in [1.807, 2.05) is 41.3 Å². The number of para-hydroxylation sites is 2. The summed E-state index contributed by atoms with van der Waals surface area (Å²) in [6.45, 7) is 7.83. The molecule has 0 unspecified atom stereocenters. The fourth-order valence-corrected chi connectivity index (χ4v) is 3.80. The normalized spacial score (nSPS) is 15.6. The van der Waals surface area contributed by atoms with Crippen LogP contribution < -0.4 is 15.0 Å². The van der Waals surface area contributed by atoms with Crippen molar-refractivity contribution in [1.82, 2.24) is 10.2 Å². The Morgan fingerprint density at radius 3 is 2.29 bits per heavy atom. The summed E-state index contributed by atoms with van der Waals surface area (Å²) in [5.74, 6) is 1.46. The molecular formula is C23H31N3O2. The Morgan fingerprint density at radius 2 is 1.64 bits per heavy atom. The van der Waals surface area contributed by atoms with Crippen LogP contribution in [0.2, 0.25) is 0 Å². The van der Waals surface area contributed by atoms with Gasteiger partial charge in [-0.2, -0.15) is 0 Å². The number of piperazine rings is 1. The number of carbonyl (C=O) groups excluding carboxylic acids is 1. The van der Waals surface area contributed by atoms with E-state index in [4.69, 9.17) is 4.74 Å². The summed E-state index contributed by atoms with van der Waals surface area (Å²) < 4.78 is 5.47.